The lowest BCUT2D eigenvalue weighted by atomic mass is 10.0. The van der Waals surface area contributed by atoms with Crippen LogP contribution >= 0.6 is 22.7 Å². The van der Waals surface area contributed by atoms with Crippen LogP contribution in [0.4, 0.5) is 0 Å². The number of rotatable bonds is 5. The molecule has 0 aliphatic rings. The van der Waals surface area contributed by atoms with Gasteiger partial charge >= 0.3 is 0 Å². The number of hydrogen-bond donors (Lipinski definition) is 0. The van der Waals surface area contributed by atoms with Crippen molar-refractivity contribution in [1.29, 1.82) is 0 Å². The summed E-state index contributed by atoms with van der Waals surface area (Å²) in [5.41, 5.74) is 9.02. The van der Waals surface area contributed by atoms with Crippen molar-refractivity contribution in [2.45, 2.75) is 0 Å². The number of para-hydroxylation sites is 2. The molecule has 266 valence electrons. The fraction of sp³-hybridized carbons (Fsp3) is 0. The third kappa shape index (κ3) is 5.22. The normalized spacial score (nSPS) is 11.9. The third-order valence-corrected chi connectivity index (χ3v) is 13.4. The standard InChI is InChI=1S/C51H30N4S2/c1-3-12-31(13-4-1)49-52-50(32-14-5-2-6-15-32)54-51(53-49)34-23-26-45-41(28-34)39-25-22-33(29-47(39)56-45)36-18-11-19-40-42-30-35(24-27-46(42)57-48(36)40)55-43-20-9-7-16-37(43)38-17-8-10-21-44(38)55/h1-30H. The summed E-state index contributed by atoms with van der Waals surface area (Å²) in [6.07, 6.45) is 0. The molecule has 0 atom stereocenters. The van der Waals surface area contributed by atoms with Crippen LogP contribution in [0, 0.1) is 0 Å². The van der Waals surface area contributed by atoms with Gasteiger partial charge in [0.15, 0.2) is 17.5 Å². The zero-order valence-corrected chi connectivity index (χ0v) is 32.1. The maximum Gasteiger partial charge on any atom is 0.164 e. The van der Waals surface area contributed by atoms with Gasteiger partial charge in [-0.25, -0.2) is 15.0 Å². The molecule has 57 heavy (non-hydrogen) atoms. The Hall–Kier alpha value is -6.99. The van der Waals surface area contributed by atoms with Gasteiger partial charge in [0, 0.05) is 73.5 Å². The quantitative estimate of drug-likeness (QED) is 0.175. The molecule has 0 fully saturated rings. The first-order chi connectivity index (χ1) is 28.2. The van der Waals surface area contributed by atoms with Gasteiger partial charge in [0.1, 0.15) is 0 Å². The van der Waals surface area contributed by atoms with Crippen molar-refractivity contribution < 1.29 is 0 Å². The van der Waals surface area contributed by atoms with Crippen molar-refractivity contribution in [3.05, 3.63) is 182 Å². The topological polar surface area (TPSA) is 43.6 Å². The van der Waals surface area contributed by atoms with Crippen molar-refractivity contribution >= 4 is 84.8 Å². The van der Waals surface area contributed by atoms with Crippen LogP contribution in [-0.2, 0) is 0 Å². The van der Waals surface area contributed by atoms with Crippen LogP contribution in [0.25, 0.3) is 113 Å². The van der Waals surface area contributed by atoms with E-state index in [2.05, 4.69) is 126 Å². The van der Waals surface area contributed by atoms with E-state index in [1.807, 2.05) is 83.3 Å². The summed E-state index contributed by atoms with van der Waals surface area (Å²) in [4.78, 5) is 14.9. The van der Waals surface area contributed by atoms with Crippen molar-refractivity contribution in [1.82, 2.24) is 19.5 Å². The van der Waals surface area contributed by atoms with Gasteiger partial charge in [-0.3, -0.25) is 0 Å². The SMILES string of the molecule is c1ccc(-c2nc(-c3ccccc3)nc(-c3ccc4sc5cc(-c6cccc7c6sc6ccc(-n8c9ccccc9c9ccccc98)cc67)ccc5c4c3)n2)cc1. The van der Waals surface area contributed by atoms with E-state index in [1.54, 1.807) is 0 Å². The van der Waals surface area contributed by atoms with Gasteiger partial charge in [0.05, 0.1) is 11.0 Å². The Morgan fingerprint density at radius 3 is 1.60 bits per heavy atom. The first kappa shape index (κ1) is 32.3. The molecule has 12 aromatic rings. The third-order valence-electron chi connectivity index (χ3n) is 11.1. The van der Waals surface area contributed by atoms with Crippen LogP contribution < -0.4 is 0 Å². The summed E-state index contributed by atoms with van der Waals surface area (Å²) in [6, 6.07) is 65.0. The van der Waals surface area contributed by atoms with Crippen LogP contribution in [0.1, 0.15) is 0 Å². The highest BCUT2D eigenvalue weighted by atomic mass is 32.1. The highest BCUT2D eigenvalue weighted by Crippen LogP contribution is 2.44. The predicted molar refractivity (Wildman–Crippen MR) is 242 cm³/mol. The first-order valence-electron chi connectivity index (χ1n) is 19.0. The minimum absolute atomic E-state index is 0.665. The van der Waals surface area contributed by atoms with E-state index < -0.39 is 0 Å². The molecule has 0 saturated carbocycles. The molecule has 0 bridgehead atoms. The van der Waals surface area contributed by atoms with Gasteiger partial charge in [-0.2, -0.15) is 0 Å². The van der Waals surface area contributed by atoms with Crippen molar-refractivity contribution in [2.75, 3.05) is 0 Å². The zero-order chi connectivity index (χ0) is 37.5. The van der Waals surface area contributed by atoms with E-state index in [0.717, 1.165) is 16.7 Å². The molecular weight excluding hydrogens is 733 g/mol. The van der Waals surface area contributed by atoms with Gasteiger partial charge in [-0.15, -0.1) is 22.7 Å². The number of benzene rings is 8. The van der Waals surface area contributed by atoms with Gasteiger partial charge in [-0.05, 0) is 65.7 Å². The smallest absolute Gasteiger partial charge is 0.164 e. The molecule has 0 amide bonds. The first-order valence-corrected chi connectivity index (χ1v) is 20.6. The van der Waals surface area contributed by atoms with Gasteiger partial charge < -0.3 is 4.57 Å². The van der Waals surface area contributed by atoms with E-state index in [9.17, 15) is 0 Å². The minimum atomic E-state index is 0.665. The number of fused-ring (bicyclic) bond motifs is 9. The summed E-state index contributed by atoms with van der Waals surface area (Å²) in [5.74, 6) is 1.99. The summed E-state index contributed by atoms with van der Waals surface area (Å²) >= 11 is 3.71. The predicted octanol–water partition coefficient (Wildman–Crippen LogP) is 14.4. The molecule has 0 radical (unpaired) electrons. The molecule has 4 heterocycles. The monoisotopic (exact) mass is 762 g/mol. The molecular formula is C51H30N4S2. The van der Waals surface area contributed by atoms with Gasteiger partial charge in [0.2, 0.25) is 0 Å². The number of aromatic nitrogens is 4. The zero-order valence-electron chi connectivity index (χ0n) is 30.4. The Bertz CT molecular complexity index is 3410. The molecule has 0 aliphatic heterocycles. The number of nitrogens with zero attached hydrogens (tertiary/aromatic N) is 4. The lowest BCUT2D eigenvalue weighted by Crippen LogP contribution is -2.00. The van der Waals surface area contributed by atoms with E-state index in [-0.39, 0.29) is 0 Å². The van der Waals surface area contributed by atoms with E-state index in [4.69, 9.17) is 15.0 Å². The molecule has 8 aromatic carbocycles. The van der Waals surface area contributed by atoms with Crippen molar-refractivity contribution in [3.8, 4) is 51.0 Å². The molecule has 0 saturated heterocycles. The van der Waals surface area contributed by atoms with Crippen LogP contribution in [0.3, 0.4) is 0 Å². The Morgan fingerprint density at radius 1 is 0.333 bits per heavy atom. The second-order valence-corrected chi connectivity index (χ2v) is 16.5. The van der Waals surface area contributed by atoms with Crippen molar-refractivity contribution in [3.63, 3.8) is 0 Å². The molecule has 4 nitrogen and oxygen atoms in total. The Kier molecular flexibility index (Phi) is 7.24. The van der Waals surface area contributed by atoms with Crippen LogP contribution in [-0.4, -0.2) is 19.5 Å². The summed E-state index contributed by atoms with van der Waals surface area (Å²) in [6.45, 7) is 0. The average molecular weight is 763 g/mol. The highest BCUT2D eigenvalue weighted by Gasteiger charge is 2.17. The lowest BCUT2D eigenvalue weighted by Gasteiger charge is -2.08. The molecule has 0 N–H and O–H groups in total. The van der Waals surface area contributed by atoms with Gasteiger partial charge in [0.25, 0.3) is 0 Å². The molecule has 6 heteroatoms. The Labute approximate surface area is 335 Å². The number of thiophene rings is 2. The fourth-order valence-electron chi connectivity index (χ4n) is 8.38. The largest absolute Gasteiger partial charge is 0.309 e. The van der Waals surface area contributed by atoms with Gasteiger partial charge in [-0.1, -0.05) is 127 Å². The highest BCUT2D eigenvalue weighted by molar-refractivity contribution is 7.26. The second-order valence-electron chi connectivity index (χ2n) is 14.4. The van der Waals surface area contributed by atoms with Crippen LogP contribution in [0.5, 0.6) is 0 Å². The lowest BCUT2D eigenvalue weighted by molar-refractivity contribution is 1.07. The maximum absolute atomic E-state index is 5.00. The van der Waals surface area contributed by atoms with E-state index in [1.165, 1.54) is 79.0 Å². The molecule has 0 spiro atoms. The summed E-state index contributed by atoms with van der Waals surface area (Å²) in [5, 5.41) is 7.58. The number of hydrogen-bond acceptors (Lipinski definition) is 5. The minimum Gasteiger partial charge on any atom is -0.309 e. The Balaban J connectivity index is 0.957. The summed E-state index contributed by atoms with van der Waals surface area (Å²) < 4.78 is 7.51. The van der Waals surface area contributed by atoms with E-state index >= 15 is 0 Å². The Morgan fingerprint density at radius 2 is 0.895 bits per heavy atom. The molecule has 0 aliphatic carbocycles. The fourth-order valence-corrected chi connectivity index (χ4v) is 10.7. The van der Waals surface area contributed by atoms with E-state index in [0.29, 0.717) is 17.5 Å². The average Bonchev–Trinajstić information content (AvgIpc) is 3.95. The molecule has 0 unspecified atom stereocenters. The molecule has 4 aromatic heterocycles. The van der Waals surface area contributed by atoms with Crippen LogP contribution in [0.2, 0.25) is 0 Å². The summed E-state index contributed by atoms with van der Waals surface area (Å²) in [7, 11) is 0. The molecule has 12 rings (SSSR count). The second kappa shape index (κ2) is 12.8. The maximum atomic E-state index is 5.00. The van der Waals surface area contributed by atoms with Crippen LogP contribution in [0.15, 0.2) is 182 Å². The van der Waals surface area contributed by atoms with Crippen molar-refractivity contribution in [2.24, 2.45) is 0 Å².